The molecule has 2 aliphatic rings. The fourth-order valence-corrected chi connectivity index (χ4v) is 4.23. The summed E-state index contributed by atoms with van der Waals surface area (Å²) >= 11 is 0. The molecule has 1 aromatic carbocycles. The highest BCUT2D eigenvalue weighted by Crippen LogP contribution is 2.36. The van der Waals surface area contributed by atoms with Gasteiger partial charge >= 0.3 is 5.97 Å². The molecule has 1 heterocycles. The lowest BCUT2D eigenvalue weighted by Gasteiger charge is -2.22. The minimum atomic E-state index is -0.392. The Morgan fingerprint density at radius 1 is 1.22 bits per heavy atom. The van der Waals surface area contributed by atoms with Crippen molar-refractivity contribution in [3.8, 4) is 5.75 Å². The maximum Gasteiger partial charge on any atom is 0.341 e. The first kappa shape index (κ1) is 21.8. The molecule has 1 N–H and O–H groups in total. The molecule has 150 valence electrons. The summed E-state index contributed by atoms with van der Waals surface area (Å²) in [5, 5.41) is 3.44. The van der Waals surface area contributed by atoms with Crippen molar-refractivity contribution in [1.29, 1.82) is 0 Å². The summed E-state index contributed by atoms with van der Waals surface area (Å²) in [6, 6.07) is 5.57. The first-order chi connectivity index (χ1) is 12.7. The Labute approximate surface area is 178 Å². The Hall–Kier alpha value is -1.51. The number of carbonyl (C=O) groups excluding carboxylic acids is 1. The normalized spacial score (nSPS) is 21.9. The van der Waals surface area contributed by atoms with Gasteiger partial charge in [0.1, 0.15) is 11.3 Å². The van der Waals surface area contributed by atoms with Gasteiger partial charge < -0.3 is 19.7 Å². The van der Waals surface area contributed by atoms with Crippen molar-refractivity contribution in [3.05, 3.63) is 29.3 Å². The second-order valence-electron chi connectivity index (χ2n) is 7.14. The molecule has 1 aliphatic heterocycles. The highest BCUT2D eigenvalue weighted by atomic mass is 127. The number of benzene rings is 1. The van der Waals surface area contributed by atoms with Crippen molar-refractivity contribution in [2.75, 3.05) is 34.4 Å². The third kappa shape index (κ3) is 5.06. The summed E-state index contributed by atoms with van der Waals surface area (Å²) in [6.45, 7) is 2.80. The molecule has 1 saturated heterocycles. The summed E-state index contributed by atoms with van der Waals surface area (Å²) < 4.78 is 10.1. The lowest BCUT2D eigenvalue weighted by molar-refractivity contribution is 0.0597. The average Bonchev–Trinajstić information content (AvgIpc) is 3.11. The van der Waals surface area contributed by atoms with Gasteiger partial charge in [-0.15, -0.1) is 24.0 Å². The number of aliphatic imine (C=N–C) groups is 1. The van der Waals surface area contributed by atoms with Crippen molar-refractivity contribution >= 4 is 35.9 Å². The first-order valence-corrected chi connectivity index (χ1v) is 9.37. The number of nitrogens with one attached hydrogen (secondary N) is 1. The zero-order valence-corrected chi connectivity index (χ0v) is 18.7. The van der Waals surface area contributed by atoms with Gasteiger partial charge in [-0.1, -0.05) is 18.9 Å². The molecule has 27 heavy (non-hydrogen) atoms. The molecule has 1 aromatic rings. The molecule has 0 amide bonds. The molecule has 0 radical (unpaired) electrons. The van der Waals surface area contributed by atoms with E-state index in [2.05, 4.69) is 15.2 Å². The topological polar surface area (TPSA) is 63.2 Å². The maximum absolute atomic E-state index is 11.9. The predicted octanol–water partition coefficient (Wildman–Crippen LogP) is 3.30. The van der Waals surface area contributed by atoms with Crippen LogP contribution < -0.4 is 10.1 Å². The lowest BCUT2D eigenvalue weighted by Crippen LogP contribution is -2.39. The Morgan fingerprint density at radius 3 is 2.44 bits per heavy atom. The number of likely N-dealkylation sites (tertiary alicyclic amines) is 1. The number of halogens is 1. The molecule has 2 fully saturated rings. The van der Waals surface area contributed by atoms with Crippen molar-refractivity contribution in [2.45, 2.75) is 32.2 Å². The molecule has 0 spiro atoms. The average molecular weight is 487 g/mol. The van der Waals surface area contributed by atoms with Gasteiger partial charge in [-0.3, -0.25) is 4.99 Å². The van der Waals surface area contributed by atoms with Crippen LogP contribution >= 0.6 is 24.0 Å². The van der Waals surface area contributed by atoms with E-state index in [1.165, 1.54) is 32.8 Å². The number of hydrogen-bond donors (Lipinski definition) is 1. The van der Waals surface area contributed by atoms with Gasteiger partial charge in [-0.05, 0) is 42.4 Å². The number of fused-ring (bicyclic) bond motifs is 1. The van der Waals surface area contributed by atoms with Crippen molar-refractivity contribution < 1.29 is 14.3 Å². The van der Waals surface area contributed by atoms with Crippen LogP contribution in [0, 0.1) is 11.8 Å². The largest absolute Gasteiger partial charge is 0.496 e. The summed E-state index contributed by atoms with van der Waals surface area (Å²) in [5.41, 5.74) is 1.43. The molecule has 2 atom stereocenters. The van der Waals surface area contributed by atoms with Crippen LogP contribution in [0.5, 0.6) is 5.75 Å². The molecule has 2 unspecified atom stereocenters. The molecule has 1 saturated carbocycles. The minimum absolute atomic E-state index is 0. The van der Waals surface area contributed by atoms with Crippen LogP contribution in [-0.4, -0.2) is 51.2 Å². The zero-order valence-electron chi connectivity index (χ0n) is 16.4. The fourth-order valence-electron chi connectivity index (χ4n) is 4.23. The zero-order chi connectivity index (χ0) is 18.5. The number of guanidine groups is 1. The smallest absolute Gasteiger partial charge is 0.341 e. The second-order valence-corrected chi connectivity index (χ2v) is 7.14. The van der Waals surface area contributed by atoms with E-state index in [-0.39, 0.29) is 24.0 Å². The standard InChI is InChI=1S/C20H29N3O3.HI/c1-21-20(23-12-15-6-4-5-7-16(15)13-23)22-11-14-8-9-18(25-2)17(10-14)19(24)26-3;/h8-10,15-16H,4-7,11-13H2,1-3H3,(H,21,22);1H. The van der Waals surface area contributed by atoms with Gasteiger partial charge in [0.2, 0.25) is 0 Å². The van der Waals surface area contributed by atoms with E-state index in [4.69, 9.17) is 9.47 Å². The first-order valence-electron chi connectivity index (χ1n) is 9.37. The van der Waals surface area contributed by atoms with Crippen LogP contribution in [0.4, 0.5) is 0 Å². The minimum Gasteiger partial charge on any atom is -0.496 e. The number of ether oxygens (including phenoxy) is 2. The molecule has 7 heteroatoms. The maximum atomic E-state index is 11.9. The molecule has 0 bridgehead atoms. The Morgan fingerprint density at radius 2 is 1.89 bits per heavy atom. The Kier molecular flexibility index (Phi) is 8.19. The highest BCUT2D eigenvalue weighted by Gasteiger charge is 2.35. The van der Waals surface area contributed by atoms with Gasteiger partial charge in [-0.25, -0.2) is 4.79 Å². The van der Waals surface area contributed by atoms with E-state index < -0.39 is 5.97 Å². The molecule has 0 aromatic heterocycles. The number of nitrogens with zero attached hydrogens (tertiary/aromatic N) is 2. The molecular formula is C20H30IN3O3. The van der Waals surface area contributed by atoms with E-state index in [0.29, 0.717) is 17.9 Å². The van der Waals surface area contributed by atoms with Gasteiger partial charge in [0, 0.05) is 26.7 Å². The Balaban J connectivity index is 0.00000261. The van der Waals surface area contributed by atoms with E-state index in [1.807, 2.05) is 19.2 Å². The third-order valence-corrected chi connectivity index (χ3v) is 5.61. The van der Waals surface area contributed by atoms with Crippen LogP contribution in [-0.2, 0) is 11.3 Å². The van der Waals surface area contributed by atoms with E-state index in [1.54, 1.807) is 13.2 Å². The monoisotopic (exact) mass is 487 g/mol. The molecule has 1 aliphatic carbocycles. The van der Waals surface area contributed by atoms with Gasteiger partial charge in [-0.2, -0.15) is 0 Å². The molecule has 6 nitrogen and oxygen atoms in total. The van der Waals surface area contributed by atoms with Gasteiger partial charge in [0.25, 0.3) is 0 Å². The number of rotatable bonds is 4. The summed E-state index contributed by atoms with van der Waals surface area (Å²) in [6.07, 6.45) is 5.42. The third-order valence-electron chi connectivity index (χ3n) is 5.61. The highest BCUT2D eigenvalue weighted by molar-refractivity contribution is 14.0. The van der Waals surface area contributed by atoms with Crippen LogP contribution in [0.2, 0.25) is 0 Å². The molecule has 3 rings (SSSR count). The van der Waals surface area contributed by atoms with E-state index in [0.717, 1.165) is 36.4 Å². The van der Waals surface area contributed by atoms with Crippen molar-refractivity contribution in [2.24, 2.45) is 16.8 Å². The number of esters is 1. The van der Waals surface area contributed by atoms with E-state index in [9.17, 15) is 4.79 Å². The molecular weight excluding hydrogens is 457 g/mol. The van der Waals surface area contributed by atoms with Gasteiger partial charge in [0.15, 0.2) is 5.96 Å². The van der Waals surface area contributed by atoms with Crippen LogP contribution in [0.15, 0.2) is 23.2 Å². The van der Waals surface area contributed by atoms with Crippen LogP contribution in [0.3, 0.4) is 0 Å². The summed E-state index contributed by atoms with van der Waals surface area (Å²) in [5.74, 6) is 2.70. The number of hydrogen-bond acceptors (Lipinski definition) is 4. The lowest BCUT2D eigenvalue weighted by atomic mass is 9.82. The van der Waals surface area contributed by atoms with Gasteiger partial charge in [0.05, 0.1) is 14.2 Å². The van der Waals surface area contributed by atoms with Crippen LogP contribution in [0.25, 0.3) is 0 Å². The number of carbonyl (C=O) groups is 1. The van der Waals surface area contributed by atoms with Crippen molar-refractivity contribution in [3.63, 3.8) is 0 Å². The number of methoxy groups -OCH3 is 2. The SMILES string of the molecule is CN=C(NCc1ccc(OC)c(C(=O)OC)c1)N1CC2CCCCC2C1.I. The second kappa shape index (κ2) is 10.1. The van der Waals surface area contributed by atoms with Crippen LogP contribution in [0.1, 0.15) is 41.6 Å². The summed E-state index contributed by atoms with van der Waals surface area (Å²) in [7, 11) is 4.76. The van der Waals surface area contributed by atoms with Crippen molar-refractivity contribution in [1.82, 2.24) is 10.2 Å². The fraction of sp³-hybridized carbons (Fsp3) is 0.600. The predicted molar refractivity (Wildman–Crippen MR) is 117 cm³/mol. The Bertz CT molecular complexity index is 666. The van der Waals surface area contributed by atoms with E-state index >= 15 is 0 Å². The quantitative estimate of drug-likeness (QED) is 0.306. The summed E-state index contributed by atoms with van der Waals surface area (Å²) in [4.78, 5) is 18.8.